The van der Waals surface area contributed by atoms with Crippen LogP contribution in [0.2, 0.25) is 5.02 Å². The molecular weight excluding hydrogens is 314 g/mol. The highest BCUT2D eigenvalue weighted by Crippen LogP contribution is 2.22. The number of nitrogens with one attached hydrogen (secondary N) is 1. The largest absolute Gasteiger partial charge is 0.496 e. The molecule has 0 aromatic heterocycles. The van der Waals surface area contributed by atoms with Crippen molar-refractivity contribution in [2.24, 2.45) is 0 Å². The van der Waals surface area contributed by atoms with Gasteiger partial charge in [0.05, 0.1) is 19.3 Å². The van der Waals surface area contributed by atoms with Crippen LogP contribution in [0.5, 0.6) is 11.5 Å². The molecule has 0 aliphatic rings. The number of rotatable bonds is 7. The van der Waals surface area contributed by atoms with E-state index in [1.165, 1.54) is 7.11 Å². The minimum Gasteiger partial charge on any atom is -0.496 e. The van der Waals surface area contributed by atoms with Crippen LogP contribution in [0.3, 0.4) is 0 Å². The summed E-state index contributed by atoms with van der Waals surface area (Å²) in [6, 6.07) is 12.8. The van der Waals surface area contributed by atoms with Gasteiger partial charge in [-0.1, -0.05) is 23.7 Å². The molecule has 0 bridgehead atoms. The summed E-state index contributed by atoms with van der Waals surface area (Å²) in [5, 5.41) is 3.34. The highest BCUT2D eigenvalue weighted by molar-refractivity contribution is 6.31. The van der Waals surface area contributed by atoms with Crippen LogP contribution >= 0.6 is 11.6 Å². The van der Waals surface area contributed by atoms with Crippen LogP contribution in [-0.2, 0) is 0 Å². The molecule has 1 amide bonds. The second-order valence-electron chi connectivity index (χ2n) is 5.12. The van der Waals surface area contributed by atoms with Crippen LogP contribution in [0.1, 0.15) is 22.3 Å². The molecule has 0 unspecified atom stereocenters. The monoisotopic (exact) mass is 333 g/mol. The van der Waals surface area contributed by atoms with E-state index in [0.717, 1.165) is 11.3 Å². The maximum Gasteiger partial charge on any atom is 0.255 e. The number of carbonyl (C=O) groups is 1. The molecule has 0 saturated carbocycles. The molecule has 0 aliphatic carbocycles. The molecule has 0 spiro atoms. The van der Waals surface area contributed by atoms with Gasteiger partial charge in [-0.05, 0) is 49.2 Å². The van der Waals surface area contributed by atoms with E-state index >= 15 is 0 Å². The number of ether oxygens (including phenoxy) is 2. The number of hydrogen-bond acceptors (Lipinski definition) is 3. The number of methoxy groups -OCH3 is 1. The Morgan fingerprint density at radius 3 is 2.78 bits per heavy atom. The van der Waals surface area contributed by atoms with Gasteiger partial charge in [-0.15, -0.1) is 0 Å². The highest BCUT2D eigenvalue weighted by atomic mass is 35.5. The topological polar surface area (TPSA) is 47.6 Å². The molecule has 122 valence electrons. The van der Waals surface area contributed by atoms with Gasteiger partial charge in [0.25, 0.3) is 5.91 Å². The van der Waals surface area contributed by atoms with Crippen molar-refractivity contribution in [1.29, 1.82) is 0 Å². The number of aryl methyl sites for hydroxylation is 1. The Labute approximate surface area is 141 Å². The number of hydrogen-bond donors (Lipinski definition) is 1. The Bertz CT molecular complexity index is 673. The first-order valence-corrected chi connectivity index (χ1v) is 7.79. The van der Waals surface area contributed by atoms with E-state index in [-0.39, 0.29) is 5.91 Å². The Balaban J connectivity index is 1.78. The van der Waals surface area contributed by atoms with Gasteiger partial charge in [-0.25, -0.2) is 0 Å². The summed E-state index contributed by atoms with van der Waals surface area (Å²) in [6.07, 6.45) is 0.711. The van der Waals surface area contributed by atoms with Gasteiger partial charge < -0.3 is 14.8 Å². The smallest absolute Gasteiger partial charge is 0.255 e. The Hall–Kier alpha value is -2.20. The molecule has 2 aromatic rings. The maximum absolute atomic E-state index is 12.2. The van der Waals surface area contributed by atoms with E-state index in [4.69, 9.17) is 21.1 Å². The quantitative estimate of drug-likeness (QED) is 0.783. The van der Waals surface area contributed by atoms with Crippen molar-refractivity contribution in [1.82, 2.24) is 5.32 Å². The normalized spacial score (nSPS) is 10.2. The zero-order valence-corrected chi connectivity index (χ0v) is 14.0. The first-order chi connectivity index (χ1) is 11.1. The van der Waals surface area contributed by atoms with Crippen LogP contribution in [0, 0.1) is 6.92 Å². The third-order valence-corrected chi connectivity index (χ3v) is 3.51. The van der Waals surface area contributed by atoms with Gasteiger partial charge in [-0.2, -0.15) is 0 Å². The van der Waals surface area contributed by atoms with Crippen molar-refractivity contribution >= 4 is 17.5 Å². The summed E-state index contributed by atoms with van der Waals surface area (Å²) in [7, 11) is 1.52. The lowest BCUT2D eigenvalue weighted by Gasteiger charge is -2.10. The first kappa shape index (κ1) is 17.2. The summed E-state index contributed by atoms with van der Waals surface area (Å²) in [6.45, 7) is 3.07. The van der Waals surface area contributed by atoms with Gasteiger partial charge in [0, 0.05) is 11.6 Å². The van der Waals surface area contributed by atoms with E-state index in [2.05, 4.69) is 5.32 Å². The standard InChI is InChI=1S/C18H20ClNO3/c1-13-5-3-6-15(11-13)23-10-4-9-20-18(21)16-12-14(19)7-8-17(16)22-2/h3,5-8,11-12H,4,9-10H2,1-2H3,(H,20,21). The predicted octanol–water partition coefficient (Wildman–Crippen LogP) is 3.86. The molecule has 4 nitrogen and oxygen atoms in total. The summed E-state index contributed by atoms with van der Waals surface area (Å²) < 4.78 is 10.8. The van der Waals surface area contributed by atoms with Crippen LogP contribution in [0.25, 0.3) is 0 Å². The molecule has 2 rings (SSSR count). The zero-order valence-electron chi connectivity index (χ0n) is 13.3. The lowest BCUT2D eigenvalue weighted by molar-refractivity contribution is 0.0948. The highest BCUT2D eigenvalue weighted by Gasteiger charge is 2.12. The van der Waals surface area contributed by atoms with Crippen molar-refractivity contribution in [3.63, 3.8) is 0 Å². The molecule has 2 aromatic carbocycles. The summed E-state index contributed by atoms with van der Waals surface area (Å²) >= 11 is 5.93. The molecule has 0 fully saturated rings. The minimum absolute atomic E-state index is 0.208. The molecule has 0 atom stereocenters. The number of halogens is 1. The van der Waals surface area contributed by atoms with Gasteiger partial charge in [-0.3, -0.25) is 4.79 Å². The molecule has 0 heterocycles. The van der Waals surface area contributed by atoms with Crippen molar-refractivity contribution < 1.29 is 14.3 Å². The van der Waals surface area contributed by atoms with Gasteiger partial charge >= 0.3 is 0 Å². The lowest BCUT2D eigenvalue weighted by atomic mass is 10.2. The third kappa shape index (κ3) is 5.18. The van der Waals surface area contributed by atoms with Crippen molar-refractivity contribution in [3.05, 3.63) is 58.6 Å². The molecule has 5 heteroatoms. The van der Waals surface area contributed by atoms with Crippen molar-refractivity contribution in [2.75, 3.05) is 20.3 Å². The van der Waals surface area contributed by atoms with E-state index in [9.17, 15) is 4.79 Å². The van der Waals surface area contributed by atoms with Crippen molar-refractivity contribution in [2.45, 2.75) is 13.3 Å². The SMILES string of the molecule is COc1ccc(Cl)cc1C(=O)NCCCOc1cccc(C)c1. The van der Waals surface area contributed by atoms with Crippen LogP contribution in [-0.4, -0.2) is 26.2 Å². The third-order valence-electron chi connectivity index (χ3n) is 3.27. The van der Waals surface area contributed by atoms with Crippen LogP contribution in [0.4, 0.5) is 0 Å². The Morgan fingerprint density at radius 2 is 2.04 bits per heavy atom. The summed E-state index contributed by atoms with van der Waals surface area (Å²) in [5.74, 6) is 1.13. The predicted molar refractivity (Wildman–Crippen MR) is 91.6 cm³/mol. The first-order valence-electron chi connectivity index (χ1n) is 7.41. The Kier molecular flexibility index (Phi) is 6.29. The fourth-order valence-corrected chi connectivity index (χ4v) is 2.29. The summed E-state index contributed by atoms with van der Waals surface area (Å²) in [4.78, 5) is 12.2. The van der Waals surface area contributed by atoms with E-state index < -0.39 is 0 Å². The average Bonchev–Trinajstić information content (AvgIpc) is 2.54. The number of amides is 1. The van der Waals surface area contributed by atoms with E-state index in [1.807, 2.05) is 31.2 Å². The average molecular weight is 334 g/mol. The van der Waals surface area contributed by atoms with Crippen LogP contribution in [0.15, 0.2) is 42.5 Å². The molecule has 0 radical (unpaired) electrons. The van der Waals surface area contributed by atoms with E-state index in [0.29, 0.717) is 35.9 Å². The Morgan fingerprint density at radius 1 is 1.22 bits per heavy atom. The second kappa shape index (κ2) is 8.44. The molecule has 0 saturated heterocycles. The van der Waals surface area contributed by atoms with Gasteiger partial charge in [0.15, 0.2) is 0 Å². The van der Waals surface area contributed by atoms with Crippen LogP contribution < -0.4 is 14.8 Å². The molecular formula is C18H20ClNO3. The molecule has 0 aliphatic heterocycles. The van der Waals surface area contributed by atoms with Crippen molar-refractivity contribution in [3.8, 4) is 11.5 Å². The number of benzene rings is 2. The van der Waals surface area contributed by atoms with Gasteiger partial charge in [0.1, 0.15) is 11.5 Å². The maximum atomic E-state index is 12.2. The lowest BCUT2D eigenvalue weighted by Crippen LogP contribution is -2.26. The van der Waals surface area contributed by atoms with E-state index in [1.54, 1.807) is 18.2 Å². The number of carbonyl (C=O) groups excluding carboxylic acids is 1. The fourth-order valence-electron chi connectivity index (χ4n) is 2.12. The zero-order chi connectivity index (χ0) is 16.7. The minimum atomic E-state index is -0.208. The van der Waals surface area contributed by atoms with Gasteiger partial charge in [0.2, 0.25) is 0 Å². The second-order valence-corrected chi connectivity index (χ2v) is 5.56. The summed E-state index contributed by atoms with van der Waals surface area (Å²) in [5.41, 5.74) is 1.59. The fraction of sp³-hybridized carbons (Fsp3) is 0.278. The molecule has 23 heavy (non-hydrogen) atoms. The molecule has 1 N–H and O–H groups in total.